The molecule has 0 unspecified atom stereocenters. The Labute approximate surface area is 174 Å². The molecule has 1 aromatic carbocycles. The maximum atomic E-state index is 15.0. The van der Waals surface area contributed by atoms with Gasteiger partial charge in [-0.1, -0.05) is 37.3 Å². The lowest BCUT2D eigenvalue weighted by Crippen LogP contribution is -2.46. The van der Waals surface area contributed by atoms with E-state index in [1.54, 1.807) is 0 Å². The summed E-state index contributed by atoms with van der Waals surface area (Å²) >= 11 is 0. The van der Waals surface area contributed by atoms with E-state index in [1.807, 2.05) is 26.1 Å². The molecule has 0 saturated carbocycles. The van der Waals surface area contributed by atoms with E-state index in [9.17, 15) is 4.39 Å². The second-order valence-corrected chi connectivity index (χ2v) is 8.47. The van der Waals surface area contributed by atoms with Crippen LogP contribution >= 0.6 is 0 Å². The fraction of sp³-hybridized carbons (Fsp3) is 0.480. The molecule has 1 N–H and O–H groups in total. The number of fused-ring (bicyclic) bond motifs is 2. The standard InChI is InChI=1S/C25H32FN3/c1-3-18(2)23(26)17-29(24-12-6-10-19-11-7-13-27-25(19)24)16-22-14-20-8-4-5-9-21(20)15-28-22/h4-5,7-9,11,13,22,24,28H,3,6,10,12,14-17H2,1-2H3/b23-18+/t22-,24+/m1/s1. The number of hydrogen-bond acceptors (Lipinski definition) is 3. The Morgan fingerprint density at radius 1 is 1.17 bits per heavy atom. The molecule has 0 amide bonds. The van der Waals surface area contributed by atoms with Gasteiger partial charge >= 0.3 is 0 Å². The van der Waals surface area contributed by atoms with Crippen LogP contribution in [-0.4, -0.2) is 29.0 Å². The molecule has 1 aliphatic carbocycles. The van der Waals surface area contributed by atoms with Crippen molar-refractivity contribution in [2.24, 2.45) is 0 Å². The Bertz CT molecular complexity index is 876. The quantitative estimate of drug-likeness (QED) is 0.737. The first-order valence-corrected chi connectivity index (χ1v) is 11.0. The highest BCUT2D eigenvalue weighted by atomic mass is 19.1. The molecule has 2 atom stereocenters. The first-order chi connectivity index (χ1) is 14.2. The molecule has 0 fully saturated rings. The topological polar surface area (TPSA) is 28.2 Å². The summed E-state index contributed by atoms with van der Waals surface area (Å²) in [5, 5.41) is 3.68. The number of allylic oxidation sites excluding steroid dienone is 1. The monoisotopic (exact) mass is 393 g/mol. The van der Waals surface area contributed by atoms with Crippen LogP contribution in [0.5, 0.6) is 0 Å². The van der Waals surface area contributed by atoms with Gasteiger partial charge in [0.1, 0.15) is 5.83 Å². The minimum absolute atomic E-state index is 0.0202. The number of aryl methyl sites for hydroxylation is 1. The molecule has 0 bridgehead atoms. The van der Waals surface area contributed by atoms with Gasteiger partial charge in [-0.15, -0.1) is 0 Å². The van der Waals surface area contributed by atoms with Gasteiger partial charge in [0.25, 0.3) is 0 Å². The molecule has 29 heavy (non-hydrogen) atoms. The van der Waals surface area contributed by atoms with Gasteiger partial charge in [-0.05, 0) is 67.4 Å². The second-order valence-electron chi connectivity index (χ2n) is 8.47. The Hall–Kier alpha value is -2.04. The average molecular weight is 394 g/mol. The Morgan fingerprint density at radius 2 is 1.97 bits per heavy atom. The molecule has 2 aliphatic rings. The molecule has 2 heterocycles. The van der Waals surface area contributed by atoms with Crippen LogP contribution in [0.25, 0.3) is 0 Å². The molecule has 2 aromatic rings. The van der Waals surface area contributed by atoms with Crippen molar-refractivity contribution in [2.75, 3.05) is 13.1 Å². The number of aromatic nitrogens is 1. The molecule has 154 valence electrons. The van der Waals surface area contributed by atoms with E-state index in [2.05, 4.69) is 40.5 Å². The summed E-state index contributed by atoms with van der Waals surface area (Å²) in [4.78, 5) is 7.06. The van der Waals surface area contributed by atoms with Crippen LogP contribution in [-0.2, 0) is 19.4 Å². The van der Waals surface area contributed by atoms with Gasteiger partial charge in [0.2, 0.25) is 0 Å². The summed E-state index contributed by atoms with van der Waals surface area (Å²) in [7, 11) is 0. The first kappa shape index (κ1) is 20.2. The van der Waals surface area contributed by atoms with Crippen molar-refractivity contribution in [2.45, 2.75) is 64.6 Å². The zero-order valence-electron chi connectivity index (χ0n) is 17.6. The number of rotatable bonds is 6. The normalized spacial score (nSPS) is 22.1. The Balaban J connectivity index is 1.58. The Morgan fingerprint density at radius 3 is 2.79 bits per heavy atom. The van der Waals surface area contributed by atoms with Crippen LogP contribution in [0.15, 0.2) is 54.0 Å². The van der Waals surface area contributed by atoms with Crippen molar-refractivity contribution in [3.8, 4) is 0 Å². The van der Waals surface area contributed by atoms with Crippen LogP contribution in [0.2, 0.25) is 0 Å². The number of hydrogen-bond donors (Lipinski definition) is 1. The van der Waals surface area contributed by atoms with Crippen molar-refractivity contribution in [3.05, 3.63) is 76.4 Å². The van der Waals surface area contributed by atoms with E-state index in [4.69, 9.17) is 4.98 Å². The third-order valence-corrected chi connectivity index (χ3v) is 6.56. The molecule has 0 spiro atoms. The third-order valence-electron chi connectivity index (χ3n) is 6.56. The fourth-order valence-electron chi connectivity index (χ4n) is 4.68. The minimum atomic E-state index is 0.0202. The van der Waals surface area contributed by atoms with Crippen molar-refractivity contribution >= 4 is 0 Å². The van der Waals surface area contributed by atoms with Crippen molar-refractivity contribution in [1.82, 2.24) is 15.2 Å². The van der Waals surface area contributed by atoms with Crippen LogP contribution in [0.1, 0.15) is 61.5 Å². The number of halogens is 1. The van der Waals surface area contributed by atoms with Crippen molar-refractivity contribution in [3.63, 3.8) is 0 Å². The SMILES string of the molecule is CC/C(C)=C(/F)CN(C[C@H]1Cc2ccccc2CN1)[C@H]1CCCc2cccnc21. The van der Waals surface area contributed by atoms with Crippen molar-refractivity contribution in [1.29, 1.82) is 0 Å². The average Bonchev–Trinajstić information content (AvgIpc) is 2.77. The lowest BCUT2D eigenvalue weighted by atomic mass is 9.89. The zero-order valence-corrected chi connectivity index (χ0v) is 17.6. The predicted molar refractivity (Wildman–Crippen MR) is 116 cm³/mol. The van der Waals surface area contributed by atoms with E-state index in [0.717, 1.165) is 56.5 Å². The fourth-order valence-corrected chi connectivity index (χ4v) is 4.68. The molecule has 4 rings (SSSR count). The van der Waals surface area contributed by atoms with Gasteiger partial charge in [-0.25, -0.2) is 4.39 Å². The molecule has 0 radical (unpaired) electrons. The highest BCUT2D eigenvalue weighted by molar-refractivity contribution is 5.30. The summed E-state index contributed by atoms with van der Waals surface area (Å²) in [6, 6.07) is 13.4. The molecule has 1 aromatic heterocycles. The highest BCUT2D eigenvalue weighted by Crippen LogP contribution is 2.34. The minimum Gasteiger partial charge on any atom is -0.308 e. The molecule has 0 saturated heterocycles. The van der Waals surface area contributed by atoms with E-state index in [1.165, 1.54) is 16.7 Å². The van der Waals surface area contributed by atoms with Crippen LogP contribution in [0.4, 0.5) is 4.39 Å². The molecule has 1 aliphatic heterocycles. The maximum Gasteiger partial charge on any atom is 0.113 e. The van der Waals surface area contributed by atoms with Crippen molar-refractivity contribution < 1.29 is 4.39 Å². The number of nitrogens with one attached hydrogen (secondary N) is 1. The second kappa shape index (κ2) is 9.19. The van der Waals surface area contributed by atoms with Gasteiger partial charge in [0.15, 0.2) is 0 Å². The summed E-state index contributed by atoms with van der Waals surface area (Å²) in [6.45, 7) is 6.03. The van der Waals surface area contributed by atoms with Crippen LogP contribution in [0, 0.1) is 0 Å². The van der Waals surface area contributed by atoms with E-state index in [0.29, 0.717) is 12.6 Å². The van der Waals surface area contributed by atoms with Gasteiger partial charge in [-0.3, -0.25) is 9.88 Å². The van der Waals surface area contributed by atoms with Crippen LogP contribution < -0.4 is 5.32 Å². The van der Waals surface area contributed by atoms with E-state index in [-0.39, 0.29) is 11.9 Å². The summed E-state index contributed by atoms with van der Waals surface area (Å²) in [5.74, 6) is 0.0202. The van der Waals surface area contributed by atoms with Crippen LogP contribution in [0.3, 0.4) is 0 Å². The lowest BCUT2D eigenvalue weighted by Gasteiger charge is -2.38. The molecule has 3 nitrogen and oxygen atoms in total. The number of benzene rings is 1. The number of pyridine rings is 1. The first-order valence-electron chi connectivity index (χ1n) is 11.0. The zero-order chi connectivity index (χ0) is 20.2. The summed E-state index contributed by atoms with van der Waals surface area (Å²) < 4.78 is 15.0. The Kier molecular flexibility index (Phi) is 6.41. The molecular weight excluding hydrogens is 361 g/mol. The highest BCUT2D eigenvalue weighted by Gasteiger charge is 2.30. The van der Waals surface area contributed by atoms with E-state index < -0.39 is 0 Å². The van der Waals surface area contributed by atoms with Gasteiger partial charge < -0.3 is 5.32 Å². The van der Waals surface area contributed by atoms with Gasteiger partial charge in [0.05, 0.1) is 18.3 Å². The smallest absolute Gasteiger partial charge is 0.113 e. The van der Waals surface area contributed by atoms with Gasteiger partial charge in [-0.2, -0.15) is 0 Å². The third kappa shape index (κ3) is 4.59. The van der Waals surface area contributed by atoms with E-state index >= 15 is 0 Å². The number of nitrogens with zero attached hydrogens (tertiary/aromatic N) is 2. The summed E-state index contributed by atoms with van der Waals surface area (Å²) in [6.07, 6.45) is 6.90. The molecular formula is C25H32FN3. The summed E-state index contributed by atoms with van der Waals surface area (Å²) in [5.41, 5.74) is 6.13. The largest absolute Gasteiger partial charge is 0.308 e. The van der Waals surface area contributed by atoms with Gasteiger partial charge in [0, 0.05) is 25.3 Å². The lowest BCUT2D eigenvalue weighted by molar-refractivity contribution is 0.157. The predicted octanol–water partition coefficient (Wildman–Crippen LogP) is 5.13. The molecule has 4 heteroatoms. The maximum absolute atomic E-state index is 15.0.